The Morgan fingerprint density at radius 3 is 1.95 bits per heavy atom. The number of hydrogen-bond donors (Lipinski definition) is 2. The summed E-state index contributed by atoms with van der Waals surface area (Å²) in [7, 11) is 0. The number of carboxylic acids is 1. The smallest absolute Gasteiger partial charge is 0.325 e. The second kappa shape index (κ2) is 9.75. The van der Waals surface area contributed by atoms with Gasteiger partial charge in [-0.15, -0.1) is 0 Å². The van der Waals surface area contributed by atoms with Crippen molar-refractivity contribution in [1.29, 1.82) is 0 Å². The van der Waals surface area contributed by atoms with Crippen LogP contribution in [0, 0.1) is 11.8 Å². The summed E-state index contributed by atoms with van der Waals surface area (Å²) in [6, 6.07) is -0.815. The molecule has 0 aliphatic heterocycles. The Labute approximate surface area is 122 Å². The van der Waals surface area contributed by atoms with E-state index in [-0.39, 0.29) is 5.91 Å². The SMILES string of the molecule is CC(C)CN(CCCC(=O)NC(C)C(=O)O)CC(C)C. The fourth-order valence-electron chi connectivity index (χ4n) is 2.13. The molecule has 1 unspecified atom stereocenters. The van der Waals surface area contributed by atoms with Crippen LogP contribution in [0.1, 0.15) is 47.5 Å². The Morgan fingerprint density at radius 1 is 1.05 bits per heavy atom. The second-order valence-electron chi connectivity index (χ2n) is 6.28. The third-order valence-corrected chi connectivity index (χ3v) is 2.87. The summed E-state index contributed by atoms with van der Waals surface area (Å²) in [5, 5.41) is 11.2. The maximum atomic E-state index is 11.6. The topological polar surface area (TPSA) is 69.6 Å². The van der Waals surface area contributed by atoms with E-state index in [2.05, 4.69) is 37.9 Å². The highest BCUT2D eigenvalue weighted by molar-refractivity contribution is 5.83. The van der Waals surface area contributed by atoms with Crippen LogP contribution >= 0.6 is 0 Å². The second-order valence-corrected chi connectivity index (χ2v) is 6.28. The molecule has 20 heavy (non-hydrogen) atoms. The van der Waals surface area contributed by atoms with Crippen molar-refractivity contribution in [3.8, 4) is 0 Å². The fourth-order valence-corrected chi connectivity index (χ4v) is 2.13. The molecule has 0 aliphatic carbocycles. The lowest BCUT2D eigenvalue weighted by atomic mass is 10.1. The van der Waals surface area contributed by atoms with Crippen molar-refractivity contribution in [3.63, 3.8) is 0 Å². The minimum Gasteiger partial charge on any atom is -0.480 e. The van der Waals surface area contributed by atoms with E-state index in [1.165, 1.54) is 6.92 Å². The minimum absolute atomic E-state index is 0.186. The Balaban J connectivity index is 4.03. The van der Waals surface area contributed by atoms with Gasteiger partial charge in [-0.1, -0.05) is 27.7 Å². The third-order valence-electron chi connectivity index (χ3n) is 2.87. The molecule has 0 fully saturated rings. The van der Waals surface area contributed by atoms with Crippen LogP contribution in [0.25, 0.3) is 0 Å². The Bertz CT molecular complexity index is 293. The number of carbonyl (C=O) groups is 2. The highest BCUT2D eigenvalue weighted by atomic mass is 16.4. The summed E-state index contributed by atoms with van der Waals surface area (Å²) in [5.74, 6) is 0.0257. The van der Waals surface area contributed by atoms with Gasteiger partial charge in [0.1, 0.15) is 6.04 Å². The van der Waals surface area contributed by atoms with Gasteiger partial charge in [0.15, 0.2) is 0 Å². The van der Waals surface area contributed by atoms with Crippen LogP contribution in [0.15, 0.2) is 0 Å². The summed E-state index contributed by atoms with van der Waals surface area (Å²) >= 11 is 0. The van der Waals surface area contributed by atoms with E-state index in [0.717, 1.165) is 26.1 Å². The number of nitrogens with one attached hydrogen (secondary N) is 1. The van der Waals surface area contributed by atoms with E-state index in [1.807, 2.05) is 0 Å². The van der Waals surface area contributed by atoms with Crippen molar-refractivity contribution in [2.45, 2.75) is 53.5 Å². The number of aliphatic carboxylic acids is 1. The molecule has 0 aliphatic rings. The van der Waals surface area contributed by atoms with Crippen LogP contribution in [0.5, 0.6) is 0 Å². The van der Waals surface area contributed by atoms with Gasteiger partial charge < -0.3 is 15.3 Å². The van der Waals surface area contributed by atoms with Crippen molar-refractivity contribution in [2.24, 2.45) is 11.8 Å². The van der Waals surface area contributed by atoms with E-state index >= 15 is 0 Å². The van der Waals surface area contributed by atoms with E-state index in [9.17, 15) is 9.59 Å². The minimum atomic E-state index is -1.00. The first kappa shape index (κ1) is 18.9. The molecule has 0 heterocycles. The quantitative estimate of drug-likeness (QED) is 0.644. The molecule has 0 saturated heterocycles. The fraction of sp³-hybridized carbons (Fsp3) is 0.867. The largest absolute Gasteiger partial charge is 0.480 e. The lowest BCUT2D eigenvalue weighted by Crippen LogP contribution is -2.39. The van der Waals surface area contributed by atoms with Crippen LogP contribution in [-0.2, 0) is 9.59 Å². The van der Waals surface area contributed by atoms with Gasteiger partial charge in [0.05, 0.1) is 0 Å². The normalized spacial score (nSPS) is 13.0. The third kappa shape index (κ3) is 9.78. The van der Waals surface area contributed by atoms with Gasteiger partial charge in [0.2, 0.25) is 5.91 Å². The molecule has 118 valence electrons. The zero-order valence-electron chi connectivity index (χ0n) is 13.5. The number of amides is 1. The van der Waals surface area contributed by atoms with Gasteiger partial charge in [0, 0.05) is 19.5 Å². The molecule has 0 aromatic heterocycles. The molecule has 0 bridgehead atoms. The number of nitrogens with zero attached hydrogens (tertiary/aromatic N) is 1. The van der Waals surface area contributed by atoms with Gasteiger partial charge in [-0.2, -0.15) is 0 Å². The zero-order valence-corrected chi connectivity index (χ0v) is 13.5. The van der Waals surface area contributed by atoms with Crippen LogP contribution in [0.3, 0.4) is 0 Å². The molecule has 0 aromatic carbocycles. The number of carboxylic acid groups (broad SMARTS) is 1. The summed E-state index contributed by atoms with van der Waals surface area (Å²) in [5.41, 5.74) is 0. The molecule has 5 heteroatoms. The van der Waals surface area contributed by atoms with Crippen LogP contribution in [0.4, 0.5) is 0 Å². The molecule has 0 radical (unpaired) electrons. The molecule has 0 spiro atoms. The summed E-state index contributed by atoms with van der Waals surface area (Å²) in [4.78, 5) is 24.6. The van der Waals surface area contributed by atoms with E-state index in [0.29, 0.717) is 18.3 Å². The lowest BCUT2D eigenvalue weighted by Gasteiger charge is -2.26. The molecule has 1 amide bonds. The molecule has 0 rings (SSSR count). The van der Waals surface area contributed by atoms with Crippen molar-refractivity contribution in [2.75, 3.05) is 19.6 Å². The first-order chi connectivity index (χ1) is 9.22. The predicted molar refractivity (Wildman–Crippen MR) is 80.6 cm³/mol. The predicted octanol–water partition coefficient (Wildman–Crippen LogP) is 1.97. The maximum Gasteiger partial charge on any atom is 0.325 e. The maximum absolute atomic E-state index is 11.6. The molecular formula is C15H30N2O3. The van der Waals surface area contributed by atoms with Gasteiger partial charge in [0.25, 0.3) is 0 Å². The molecular weight excluding hydrogens is 256 g/mol. The molecule has 1 atom stereocenters. The van der Waals surface area contributed by atoms with E-state index < -0.39 is 12.0 Å². The van der Waals surface area contributed by atoms with Crippen molar-refractivity contribution in [1.82, 2.24) is 10.2 Å². The Morgan fingerprint density at radius 2 is 1.55 bits per heavy atom. The number of rotatable bonds is 10. The standard InChI is InChI=1S/C15H30N2O3/c1-11(2)9-17(10-12(3)4)8-6-7-14(18)16-13(5)15(19)20/h11-13H,6-10H2,1-5H3,(H,16,18)(H,19,20). The van der Waals surface area contributed by atoms with Crippen LogP contribution in [-0.4, -0.2) is 47.6 Å². The Kier molecular flexibility index (Phi) is 9.21. The van der Waals surface area contributed by atoms with E-state index in [1.54, 1.807) is 0 Å². The highest BCUT2D eigenvalue weighted by Crippen LogP contribution is 2.05. The van der Waals surface area contributed by atoms with Gasteiger partial charge in [-0.25, -0.2) is 0 Å². The van der Waals surface area contributed by atoms with Gasteiger partial charge >= 0.3 is 5.97 Å². The monoisotopic (exact) mass is 286 g/mol. The first-order valence-electron chi connectivity index (χ1n) is 7.46. The average molecular weight is 286 g/mol. The van der Waals surface area contributed by atoms with Crippen molar-refractivity contribution < 1.29 is 14.7 Å². The van der Waals surface area contributed by atoms with Crippen molar-refractivity contribution in [3.05, 3.63) is 0 Å². The van der Waals surface area contributed by atoms with Gasteiger partial charge in [-0.3, -0.25) is 9.59 Å². The summed E-state index contributed by atoms with van der Waals surface area (Å²) < 4.78 is 0. The van der Waals surface area contributed by atoms with Crippen LogP contribution < -0.4 is 5.32 Å². The highest BCUT2D eigenvalue weighted by Gasteiger charge is 2.14. The van der Waals surface area contributed by atoms with Crippen molar-refractivity contribution >= 4 is 11.9 Å². The number of hydrogen-bond acceptors (Lipinski definition) is 3. The lowest BCUT2D eigenvalue weighted by molar-refractivity contribution is -0.141. The number of carbonyl (C=O) groups excluding carboxylic acids is 1. The van der Waals surface area contributed by atoms with Crippen LogP contribution in [0.2, 0.25) is 0 Å². The zero-order chi connectivity index (χ0) is 15.7. The summed E-state index contributed by atoms with van der Waals surface area (Å²) in [6.45, 7) is 13.2. The van der Waals surface area contributed by atoms with Gasteiger partial charge in [-0.05, 0) is 31.7 Å². The molecule has 0 saturated carbocycles. The molecule has 5 nitrogen and oxygen atoms in total. The average Bonchev–Trinajstić information content (AvgIpc) is 2.26. The molecule has 0 aromatic rings. The molecule has 2 N–H and O–H groups in total. The van der Waals surface area contributed by atoms with E-state index in [4.69, 9.17) is 5.11 Å². The Hall–Kier alpha value is -1.10. The summed E-state index contributed by atoms with van der Waals surface area (Å²) in [6.07, 6.45) is 1.14. The first-order valence-corrected chi connectivity index (χ1v) is 7.46.